The number of anilines is 1. The molecule has 0 bridgehead atoms. The average Bonchev–Trinajstić information content (AvgIpc) is 2.61. The Kier molecular flexibility index (Phi) is 7.49. The summed E-state index contributed by atoms with van der Waals surface area (Å²) in [6.07, 6.45) is 0. The second-order valence-corrected chi connectivity index (χ2v) is 8.41. The van der Waals surface area contributed by atoms with Gasteiger partial charge in [0.15, 0.2) is 6.61 Å². The highest BCUT2D eigenvalue weighted by molar-refractivity contribution is 9.10. The summed E-state index contributed by atoms with van der Waals surface area (Å²) in [5, 5.41) is 2.92. The number of carbonyl (C=O) groups is 2. The monoisotopic (exact) mass is 467 g/mol. The minimum atomic E-state index is -0.464. The van der Waals surface area contributed by atoms with Crippen molar-refractivity contribution in [1.82, 2.24) is 0 Å². The first-order valence-electron chi connectivity index (χ1n) is 8.81. The van der Waals surface area contributed by atoms with E-state index >= 15 is 0 Å². The summed E-state index contributed by atoms with van der Waals surface area (Å²) in [4.78, 5) is 23.9. The zero-order valence-electron chi connectivity index (χ0n) is 16.3. The number of rotatable bonds is 6. The van der Waals surface area contributed by atoms with Crippen molar-refractivity contribution in [2.45, 2.75) is 33.1 Å². The second-order valence-electron chi connectivity index (χ2n) is 7.15. The van der Waals surface area contributed by atoms with Crippen molar-refractivity contribution in [1.29, 1.82) is 0 Å². The van der Waals surface area contributed by atoms with E-state index in [4.69, 9.17) is 21.1 Å². The van der Waals surface area contributed by atoms with Crippen LogP contribution >= 0.6 is 27.5 Å². The van der Waals surface area contributed by atoms with E-state index in [-0.39, 0.29) is 29.6 Å². The fraction of sp³-hybridized carbons (Fsp3) is 0.333. The first-order chi connectivity index (χ1) is 13.1. The first-order valence-corrected chi connectivity index (χ1v) is 9.98. The van der Waals surface area contributed by atoms with Gasteiger partial charge in [-0.25, -0.2) is 4.79 Å². The van der Waals surface area contributed by atoms with Crippen molar-refractivity contribution in [2.24, 2.45) is 0 Å². The minimum Gasteiger partial charge on any atom is -0.483 e. The van der Waals surface area contributed by atoms with E-state index in [2.05, 4.69) is 42.0 Å². The van der Waals surface area contributed by atoms with E-state index in [1.807, 2.05) is 18.2 Å². The third-order valence-electron chi connectivity index (χ3n) is 3.91. The van der Waals surface area contributed by atoms with E-state index in [0.717, 1.165) is 10.0 Å². The van der Waals surface area contributed by atoms with Crippen LogP contribution in [0.1, 0.15) is 43.6 Å². The molecule has 2 aromatic carbocycles. The topological polar surface area (TPSA) is 64.6 Å². The second kappa shape index (κ2) is 9.43. The number of amides is 1. The summed E-state index contributed by atoms with van der Waals surface area (Å²) in [5.41, 5.74) is 1.89. The van der Waals surface area contributed by atoms with Crippen molar-refractivity contribution in [2.75, 3.05) is 18.5 Å². The molecule has 1 N–H and O–H groups in total. The molecule has 5 nitrogen and oxygen atoms in total. The maximum Gasteiger partial charge on any atom is 0.338 e. The van der Waals surface area contributed by atoms with Gasteiger partial charge in [-0.15, -0.1) is 0 Å². The number of ether oxygens (including phenoxy) is 2. The Balaban J connectivity index is 1.98. The van der Waals surface area contributed by atoms with Crippen LogP contribution in [0.3, 0.4) is 0 Å². The Morgan fingerprint density at radius 1 is 1.14 bits per heavy atom. The van der Waals surface area contributed by atoms with Crippen LogP contribution in [0.25, 0.3) is 0 Å². The summed E-state index contributed by atoms with van der Waals surface area (Å²) >= 11 is 9.63. The lowest BCUT2D eigenvalue weighted by molar-refractivity contribution is -0.118. The third kappa shape index (κ3) is 5.97. The maximum absolute atomic E-state index is 12.2. The minimum absolute atomic E-state index is 0.0187. The number of carbonyl (C=O) groups excluding carboxylic acids is 2. The van der Waals surface area contributed by atoms with Gasteiger partial charge in [0.1, 0.15) is 5.75 Å². The van der Waals surface area contributed by atoms with Gasteiger partial charge in [0.05, 0.1) is 27.4 Å². The summed E-state index contributed by atoms with van der Waals surface area (Å²) in [6, 6.07) is 10.3. The molecule has 0 aliphatic carbocycles. The molecule has 1 amide bonds. The van der Waals surface area contributed by atoms with Crippen LogP contribution in [0.5, 0.6) is 5.75 Å². The molecule has 0 atom stereocenters. The molecular weight excluding hydrogens is 446 g/mol. The van der Waals surface area contributed by atoms with Gasteiger partial charge in [-0.2, -0.15) is 0 Å². The highest BCUT2D eigenvalue weighted by Crippen LogP contribution is 2.31. The highest BCUT2D eigenvalue weighted by Gasteiger charge is 2.16. The number of nitrogens with one attached hydrogen (secondary N) is 1. The van der Waals surface area contributed by atoms with Crippen LogP contribution < -0.4 is 10.1 Å². The molecule has 0 radical (unpaired) electrons. The van der Waals surface area contributed by atoms with Crippen LogP contribution in [0, 0.1) is 0 Å². The fourth-order valence-corrected chi connectivity index (χ4v) is 3.09. The van der Waals surface area contributed by atoms with Crippen molar-refractivity contribution < 1.29 is 19.1 Å². The molecule has 0 heterocycles. The van der Waals surface area contributed by atoms with E-state index in [1.54, 1.807) is 19.1 Å². The summed E-state index contributed by atoms with van der Waals surface area (Å²) in [5.74, 6) is -0.251. The normalized spacial score (nSPS) is 11.1. The van der Waals surface area contributed by atoms with Gasteiger partial charge >= 0.3 is 5.97 Å². The molecule has 0 aliphatic heterocycles. The van der Waals surface area contributed by atoms with Gasteiger partial charge in [-0.05, 0) is 64.2 Å². The van der Waals surface area contributed by atoms with E-state index in [0.29, 0.717) is 17.0 Å². The van der Waals surface area contributed by atoms with E-state index in [9.17, 15) is 9.59 Å². The largest absolute Gasteiger partial charge is 0.483 e. The molecule has 150 valence electrons. The Morgan fingerprint density at radius 2 is 1.86 bits per heavy atom. The number of halogens is 2. The molecule has 0 fully saturated rings. The molecule has 0 aliphatic rings. The summed E-state index contributed by atoms with van der Waals surface area (Å²) in [7, 11) is 0. The average molecular weight is 469 g/mol. The molecule has 2 aromatic rings. The van der Waals surface area contributed by atoms with Gasteiger partial charge in [-0.3, -0.25) is 4.79 Å². The lowest BCUT2D eigenvalue weighted by atomic mass is 9.87. The van der Waals surface area contributed by atoms with Crippen LogP contribution in [-0.2, 0) is 14.9 Å². The summed E-state index contributed by atoms with van der Waals surface area (Å²) in [6.45, 7) is 8.20. The van der Waals surface area contributed by atoms with Crippen LogP contribution in [0.15, 0.2) is 40.9 Å². The highest BCUT2D eigenvalue weighted by atomic mass is 79.9. The van der Waals surface area contributed by atoms with Crippen LogP contribution in [0.2, 0.25) is 5.02 Å². The molecule has 2 rings (SSSR count). The molecule has 0 saturated carbocycles. The first kappa shape index (κ1) is 22.2. The molecular formula is C21H23BrClNO4. The van der Waals surface area contributed by atoms with Crippen molar-refractivity contribution in [3.8, 4) is 5.75 Å². The lowest BCUT2D eigenvalue weighted by Crippen LogP contribution is -2.20. The molecule has 0 saturated heterocycles. The number of hydrogen-bond donors (Lipinski definition) is 1. The van der Waals surface area contributed by atoms with Gasteiger partial charge in [0.25, 0.3) is 5.91 Å². The van der Waals surface area contributed by atoms with Gasteiger partial charge in [0.2, 0.25) is 0 Å². The number of esters is 1. The zero-order chi connectivity index (χ0) is 20.9. The van der Waals surface area contributed by atoms with E-state index in [1.165, 1.54) is 6.07 Å². The molecule has 0 aromatic heterocycles. The molecule has 28 heavy (non-hydrogen) atoms. The van der Waals surface area contributed by atoms with Crippen molar-refractivity contribution >= 4 is 45.1 Å². The maximum atomic E-state index is 12.2. The van der Waals surface area contributed by atoms with Crippen LogP contribution in [0.4, 0.5) is 5.69 Å². The van der Waals surface area contributed by atoms with Gasteiger partial charge < -0.3 is 14.8 Å². The predicted octanol–water partition coefficient (Wildman–Crippen LogP) is 5.59. The van der Waals surface area contributed by atoms with E-state index < -0.39 is 5.97 Å². The molecule has 7 heteroatoms. The quantitative estimate of drug-likeness (QED) is 0.561. The lowest BCUT2D eigenvalue weighted by Gasteiger charge is -2.20. The van der Waals surface area contributed by atoms with Crippen molar-refractivity contribution in [3.63, 3.8) is 0 Å². The van der Waals surface area contributed by atoms with Crippen LogP contribution in [-0.4, -0.2) is 25.1 Å². The molecule has 0 spiro atoms. The fourth-order valence-electron chi connectivity index (χ4n) is 2.37. The Morgan fingerprint density at radius 3 is 2.43 bits per heavy atom. The standard InChI is InChI=1S/C21H23BrClNO4/c1-5-27-20(26)13-6-8-17(16(23)10-13)24-19(25)12-28-18-9-7-14(11-15(18)22)21(2,3)4/h6-11H,5,12H2,1-4H3,(H,24,25). The van der Waals surface area contributed by atoms with Gasteiger partial charge in [-0.1, -0.05) is 38.4 Å². The smallest absolute Gasteiger partial charge is 0.338 e. The third-order valence-corrected chi connectivity index (χ3v) is 4.84. The predicted molar refractivity (Wildman–Crippen MR) is 114 cm³/mol. The van der Waals surface area contributed by atoms with Crippen molar-refractivity contribution in [3.05, 3.63) is 57.0 Å². The number of hydrogen-bond acceptors (Lipinski definition) is 4. The molecule has 0 unspecified atom stereocenters. The van der Waals surface area contributed by atoms with Gasteiger partial charge in [0, 0.05) is 0 Å². The summed E-state index contributed by atoms with van der Waals surface area (Å²) < 4.78 is 11.3. The number of benzene rings is 2. The SMILES string of the molecule is CCOC(=O)c1ccc(NC(=O)COc2ccc(C(C)(C)C)cc2Br)c(Cl)c1. The Labute approximate surface area is 178 Å². The Bertz CT molecular complexity index is 877. The Hall–Kier alpha value is -2.05. The zero-order valence-corrected chi connectivity index (χ0v) is 18.6.